The highest BCUT2D eigenvalue weighted by Crippen LogP contribution is 2.37. The molecule has 2 heterocycles. The molecule has 2 N–H and O–H groups in total. The number of hydrogen-bond acceptors (Lipinski definition) is 4. The summed E-state index contributed by atoms with van der Waals surface area (Å²) in [5.74, 6) is -0.506. The molecular formula is C15H16N2O3S. The van der Waals surface area contributed by atoms with Crippen LogP contribution in [-0.4, -0.2) is 31.1 Å². The summed E-state index contributed by atoms with van der Waals surface area (Å²) in [7, 11) is 0. The Hall–Kier alpha value is -1.79. The molecule has 0 spiro atoms. The van der Waals surface area contributed by atoms with Crippen LogP contribution in [-0.2, 0) is 14.3 Å². The van der Waals surface area contributed by atoms with Crippen molar-refractivity contribution >= 4 is 29.3 Å². The van der Waals surface area contributed by atoms with Gasteiger partial charge in [-0.2, -0.15) is 0 Å². The number of amides is 2. The van der Waals surface area contributed by atoms with E-state index in [9.17, 15) is 9.59 Å². The lowest BCUT2D eigenvalue weighted by Crippen LogP contribution is -2.31. The van der Waals surface area contributed by atoms with Crippen molar-refractivity contribution in [3.05, 3.63) is 35.2 Å². The van der Waals surface area contributed by atoms with Crippen LogP contribution in [0.3, 0.4) is 0 Å². The van der Waals surface area contributed by atoms with Gasteiger partial charge in [0.1, 0.15) is 0 Å². The summed E-state index contributed by atoms with van der Waals surface area (Å²) in [6.45, 7) is 1.25. The minimum Gasteiger partial charge on any atom is -0.376 e. The van der Waals surface area contributed by atoms with Gasteiger partial charge >= 0.3 is 0 Å². The second-order valence-electron chi connectivity index (χ2n) is 4.94. The molecule has 0 radical (unpaired) electrons. The maximum Gasteiger partial charge on any atom is 0.262 e. The minimum atomic E-state index is -0.262. The molecule has 2 amide bonds. The van der Waals surface area contributed by atoms with Crippen LogP contribution in [0.4, 0.5) is 5.69 Å². The molecule has 1 aromatic rings. The van der Waals surface area contributed by atoms with Gasteiger partial charge in [0, 0.05) is 24.1 Å². The fourth-order valence-corrected chi connectivity index (χ4v) is 3.21. The van der Waals surface area contributed by atoms with E-state index < -0.39 is 0 Å². The fraction of sp³-hybridized carbons (Fsp3) is 0.333. The lowest BCUT2D eigenvalue weighted by molar-refractivity contribution is -0.117. The third kappa shape index (κ3) is 3.46. The van der Waals surface area contributed by atoms with Crippen LogP contribution in [0.2, 0.25) is 0 Å². The monoisotopic (exact) mass is 304 g/mol. The molecule has 1 aromatic carbocycles. The van der Waals surface area contributed by atoms with E-state index >= 15 is 0 Å². The van der Waals surface area contributed by atoms with Crippen molar-refractivity contribution in [2.45, 2.75) is 23.8 Å². The number of fused-ring (bicyclic) bond motifs is 1. The normalized spacial score (nSPS) is 22.8. The first-order valence-electron chi connectivity index (χ1n) is 6.92. The zero-order valence-electron chi connectivity index (χ0n) is 11.4. The molecule has 2 aliphatic heterocycles. The number of rotatable bonds is 3. The zero-order chi connectivity index (χ0) is 14.7. The van der Waals surface area contributed by atoms with Gasteiger partial charge in [-0.25, -0.2) is 0 Å². The number of nitrogens with one attached hydrogen (secondary N) is 2. The Morgan fingerprint density at radius 2 is 2.33 bits per heavy atom. The van der Waals surface area contributed by atoms with Crippen LogP contribution in [0, 0.1) is 0 Å². The molecule has 1 fully saturated rings. The zero-order valence-corrected chi connectivity index (χ0v) is 12.2. The molecule has 0 bridgehead atoms. The first kappa shape index (κ1) is 14.2. The molecule has 1 atom stereocenters. The molecule has 2 aliphatic rings. The van der Waals surface area contributed by atoms with Gasteiger partial charge in [-0.15, -0.1) is 0 Å². The second-order valence-corrected chi connectivity index (χ2v) is 6.02. The van der Waals surface area contributed by atoms with E-state index in [0.29, 0.717) is 11.4 Å². The van der Waals surface area contributed by atoms with Crippen molar-refractivity contribution in [3.63, 3.8) is 0 Å². The number of carbonyl (C=O) groups excluding carboxylic acids is 2. The van der Waals surface area contributed by atoms with Gasteiger partial charge in [-0.3, -0.25) is 9.59 Å². The highest BCUT2D eigenvalue weighted by molar-refractivity contribution is 8.04. The second kappa shape index (κ2) is 6.32. The lowest BCUT2D eigenvalue weighted by Gasteiger charge is -2.18. The molecule has 6 heteroatoms. The molecule has 21 heavy (non-hydrogen) atoms. The van der Waals surface area contributed by atoms with Crippen LogP contribution in [0.15, 0.2) is 40.1 Å². The average molecular weight is 304 g/mol. The fourth-order valence-electron chi connectivity index (χ4n) is 2.29. The quantitative estimate of drug-likeness (QED) is 0.837. The number of carbonyl (C=O) groups is 2. The molecule has 0 saturated carbocycles. The van der Waals surface area contributed by atoms with E-state index in [0.717, 1.165) is 30.0 Å². The van der Waals surface area contributed by atoms with E-state index in [2.05, 4.69) is 10.6 Å². The minimum absolute atomic E-state index is 0.0981. The van der Waals surface area contributed by atoms with Crippen molar-refractivity contribution in [2.24, 2.45) is 0 Å². The number of thioether (sulfide) groups is 1. The van der Waals surface area contributed by atoms with Gasteiger partial charge in [-0.05, 0) is 25.0 Å². The maximum absolute atomic E-state index is 11.9. The standard InChI is InChI=1S/C15H16N2O3S/c18-14(16-9-10-4-3-7-20-10)8-13-15(19)17-11-5-1-2-6-12(11)21-13/h1-2,5-6,8,10H,3-4,7,9H2,(H,16,18)(H,17,19). The summed E-state index contributed by atoms with van der Waals surface area (Å²) >= 11 is 1.31. The van der Waals surface area contributed by atoms with Gasteiger partial charge in [0.2, 0.25) is 5.91 Å². The molecule has 0 aliphatic carbocycles. The first-order chi connectivity index (χ1) is 10.2. The lowest BCUT2D eigenvalue weighted by atomic mass is 10.2. The molecule has 1 unspecified atom stereocenters. The summed E-state index contributed by atoms with van der Waals surface area (Å²) in [6.07, 6.45) is 3.46. The molecule has 3 rings (SSSR count). The van der Waals surface area contributed by atoms with E-state index in [-0.39, 0.29) is 17.9 Å². The smallest absolute Gasteiger partial charge is 0.262 e. The maximum atomic E-state index is 11.9. The Balaban J connectivity index is 1.62. The van der Waals surface area contributed by atoms with E-state index in [4.69, 9.17) is 4.74 Å². The Bertz CT molecular complexity index is 594. The summed E-state index contributed by atoms with van der Waals surface area (Å²) in [6, 6.07) is 7.52. The van der Waals surface area contributed by atoms with Crippen molar-refractivity contribution in [3.8, 4) is 0 Å². The molecular weight excluding hydrogens is 288 g/mol. The first-order valence-corrected chi connectivity index (χ1v) is 7.73. The third-order valence-electron chi connectivity index (χ3n) is 3.37. The summed E-state index contributed by atoms with van der Waals surface area (Å²) in [5, 5.41) is 5.56. The van der Waals surface area contributed by atoms with Gasteiger partial charge in [0.15, 0.2) is 0 Å². The van der Waals surface area contributed by atoms with Gasteiger partial charge in [-0.1, -0.05) is 23.9 Å². The van der Waals surface area contributed by atoms with E-state index in [1.165, 1.54) is 17.8 Å². The van der Waals surface area contributed by atoms with Gasteiger partial charge < -0.3 is 15.4 Å². The van der Waals surface area contributed by atoms with Crippen LogP contribution >= 0.6 is 11.8 Å². The van der Waals surface area contributed by atoms with E-state index in [1.807, 2.05) is 24.3 Å². The SMILES string of the molecule is O=C(C=C1Sc2ccccc2NC1=O)NCC1CCCO1. The topological polar surface area (TPSA) is 67.4 Å². The van der Waals surface area contributed by atoms with Crippen molar-refractivity contribution < 1.29 is 14.3 Å². The predicted molar refractivity (Wildman–Crippen MR) is 81.0 cm³/mol. The number of benzene rings is 1. The summed E-state index contributed by atoms with van der Waals surface area (Å²) in [4.78, 5) is 25.2. The average Bonchev–Trinajstić information content (AvgIpc) is 2.99. The number of anilines is 1. The van der Waals surface area contributed by atoms with Gasteiger partial charge in [0.05, 0.1) is 16.7 Å². The summed E-state index contributed by atoms with van der Waals surface area (Å²) in [5.41, 5.74) is 0.782. The molecule has 1 saturated heterocycles. The van der Waals surface area contributed by atoms with Crippen LogP contribution < -0.4 is 10.6 Å². The Kier molecular flexibility index (Phi) is 4.26. The van der Waals surface area contributed by atoms with Gasteiger partial charge in [0.25, 0.3) is 5.91 Å². The van der Waals surface area contributed by atoms with E-state index in [1.54, 1.807) is 0 Å². The highest BCUT2D eigenvalue weighted by atomic mass is 32.2. The largest absolute Gasteiger partial charge is 0.376 e. The van der Waals surface area contributed by atoms with Crippen LogP contribution in [0.5, 0.6) is 0 Å². The molecule has 5 nitrogen and oxygen atoms in total. The number of para-hydroxylation sites is 1. The Morgan fingerprint density at radius 1 is 1.48 bits per heavy atom. The Morgan fingerprint density at radius 3 is 3.14 bits per heavy atom. The number of ether oxygens (including phenoxy) is 1. The Labute approximate surface area is 127 Å². The summed E-state index contributed by atoms with van der Waals surface area (Å²) < 4.78 is 5.44. The van der Waals surface area contributed by atoms with Crippen LogP contribution in [0.25, 0.3) is 0 Å². The number of hydrogen-bond donors (Lipinski definition) is 2. The van der Waals surface area contributed by atoms with Crippen molar-refractivity contribution in [1.29, 1.82) is 0 Å². The van der Waals surface area contributed by atoms with Crippen molar-refractivity contribution in [1.82, 2.24) is 5.32 Å². The molecule has 0 aromatic heterocycles. The van der Waals surface area contributed by atoms with Crippen LogP contribution in [0.1, 0.15) is 12.8 Å². The molecule has 110 valence electrons. The highest BCUT2D eigenvalue weighted by Gasteiger charge is 2.22. The predicted octanol–water partition coefficient (Wildman–Crippen LogP) is 1.91. The third-order valence-corrected chi connectivity index (χ3v) is 4.47. The van der Waals surface area contributed by atoms with Crippen molar-refractivity contribution in [2.75, 3.05) is 18.5 Å².